The van der Waals surface area contributed by atoms with Crippen LogP contribution in [0.25, 0.3) is 0 Å². The molecule has 0 amide bonds. The van der Waals surface area contributed by atoms with Gasteiger partial charge in [0.25, 0.3) is 0 Å². The van der Waals surface area contributed by atoms with Gasteiger partial charge < -0.3 is 4.74 Å². The highest BCUT2D eigenvalue weighted by molar-refractivity contribution is 9.10. The molecule has 2 aromatic rings. The van der Waals surface area contributed by atoms with Crippen LogP contribution in [0.15, 0.2) is 33.6 Å². The van der Waals surface area contributed by atoms with Crippen LogP contribution >= 0.6 is 27.3 Å². The van der Waals surface area contributed by atoms with Crippen LogP contribution in [0.3, 0.4) is 0 Å². The Balaban J connectivity index is 2.14. The van der Waals surface area contributed by atoms with Crippen molar-refractivity contribution in [3.05, 3.63) is 44.8 Å². The number of thiazole rings is 1. The molecule has 17 heavy (non-hydrogen) atoms. The van der Waals surface area contributed by atoms with Crippen molar-refractivity contribution in [3.63, 3.8) is 0 Å². The van der Waals surface area contributed by atoms with E-state index in [0.717, 1.165) is 15.8 Å². The van der Waals surface area contributed by atoms with Crippen molar-refractivity contribution in [2.24, 2.45) is 0 Å². The zero-order valence-corrected chi connectivity index (χ0v) is 11.5. The lowest BCUT2D eigenvalue weighted by molar-refractivity contribution is 0.0989. The quantitative estimate of drug-likeness (QED) is 0.813. The molecule has 0 aliphatic carbocycles. The van der Waals surface area contributed by atoms with E-state index in [1.54, 1.807) is 18.0 Å². The molecule has 0 fully saturated rings. The van der Waals surface area contributed by atoms with E-state index in [4.69, 9.17) is 4.74 Å². The van der Waals surface area contributed by atoms with E-state index in [-0.39, 0.29) is 5.78 Å². The first-order chi connectivity index (χ1) is 8.20. The molecular weight excluding hydrogens is 302 g/mol. The summed E-state index contributed by atoms with van der Waals surface area (Å²) in [5, 5.41) is 1.76. The number of benzene rings is 1. The third-order valence-electron chi connectivity index (χ3n) is 2.30. The first-order valence-electron chi connectivity index (χ1n) is 4.94. The second-order valence-electron chi connectivity index (χ2n) is 3.44. The Morgan fingerprint density at radius 3 is 2.94 bits per heavy atom. The molecule has 0 radical (unpaired) electrons. The van der Waals surface area contributed by atoms with Gasteiger partial charge in [0.1, 0.15) is 11.4 Å². The maximum atomic E-state index is 11.8. The maximum absolute atomic E-state index is 11.8. The monoisotopic (exact) mass is 311 g/mol. The van der Waals surface area contributed by atoms with Crippen LogP contribution in [0.1, 0.15) is 16.1 Å². The summed E-state index contributed by atoms with van der Waals surface area (Å²) in [6.45, 7) is 0. The number of rotatable bonds is 4. The number of nitrogens with zero attached hydrogens (tertiary/aromatic N) is 1. The Kier molecular flexibility index (Phi) is 3.91. The highest BCUT2D eigenvalue weighted by Gasteiger charge is 2.10. The molecule has 0 N–H and O–H groups in total. The van der Waals surface area contributed by atoms with Crippen molar-refractivity contribution in [1.29, 1.82) is 0 Å². The molecule has 0 unspecified atom stereocenters. The van der Waals surface area contributed by atoms with E-state index < -0.39 is 0 Å². The average Bonchev–Trinajstić information content (AvgIpc) is 2.82. The van der Waals surface area contributed by atoms with Gasteiger partial charge in [-0.3, -0.25) is 4.79 Å². The van der Waals surface area contributed by atoms with E-state index in [1.165, 1.54) is 11.3 Å². The highest BCUT2D eigenvalue weighted by Crippen LogP contribution is 2.26. The van der Waals surface area contributed by atoms with Crippen LogP contribution in [0.4, 0.5) is 0 Å². The molecular formula is C12H10BrNO2S. The molecule has 3 nitrogen and oxygen atoms in total. The summed E-state index contributed by atoms with van der Waals surface area (Å²) in [6, 6.07) is 5.62. The minimum absolute atomic E-state index is 0.0308. The van der Waals surface area contributed by atoms with E-state index in [9.17, 15) is 4.79 Å². The van der Waals surface area contributed by atoms with Crippen LogP contribution in [-0.2, 0) is 6.42 Å². The van der Waals surface area contributed by atoms with Crippen LogP contribution in [0.2, 0.25) is 0 Å². The van der Waals surface area contributed by atoms with Crippen molar-refractivity contribution in [2.75, 3.05) is 7.11 Å². The summed E-state index contributed by atoms with van der Waals surface area (Å²) in [7, 11) is 1.61. The van der Waals surface area contributed by atoms with Gasteiger partial charge in [-0.15, -0.1) is 11.3 Å². The van der Waals surface area contributed by atoms with Crippen LogP contribution in [0, 0.1) is 0 Å². The molecule has 1 aromatic heterocycles. The van der Waals surface area contributed by atoms with Crippen molar-refractivity contribution in [1.82, 2.24) is 4.98 Å². The molecule has 0 atom stereocenters. The molecule has 0 bridgehead atoms. The average molecular weight is 312 g/mol. The number of Topliss-reactive ketones (excluding diaryl/α,β-unsaturated/α-hetero) is 1. The van der Waals surface area contributed by atoms with Gasteiger partial charge in [-0.05, 0) is 33.6 Å². The zero-order chi connectivity index (χ0) is 12.3. The number of ketones is 1. The fourth-order valence-corrected chi connectivity index (χ4v) is 2.59. The second kappa shape index (κ2) is 5.42. The highest BCUT2D eigenvalue weighted by atomic mass is 79.9. The molecule has 0 aliphatic rings. The number of hydrogen-bond donors (Lipinski definition) is 0. The number of carbonyl (C=O) groups is 1. The van der Waals surface area contributed by atoms with Gasteiger partial charge in [-0.1, -0.05) is 6.07 Å². The third kappa shape index (κ3) is 2.92. The molecule has 1 heterocycles. The molecule has 0 saturated carbocycles. The summed E-state index contributed by atoms with van der Waals surface area (Å²) >= 11 is 4.82. The fraction of sp³-hybridized carbons (Fsp3) is 0.167. The first-order valence-corrected chi connectivity index (χ1v) is 6.68. The summed E-state index contributed by atoms with van der Waals surface area (Å²) < 4.78 is 5.99. The van der Waals surface area contributed by atoms with Gasteiger partial charge in [0.15, 0.2) is 5.78 Å². The van der Waals surface area contributed by atoms with Gasteiger partial charge in [0.2, 0.25) is 0 Å². The van der Waals surface area contributed by atoms with Crippen molar-refractivity contribution >= 4 is 33.0 Å². The number of aromatic nitrogens is 1. The number of halogens is 1. The van der Waals surface area contributed by atoms with Gasteiger partial charge >= 0.3 is 0 Å². The molecule has 0 aliphatic heterocycles. The molecule has 2 rings (SSSR count). The standard InChI is InChI=1S/C12H10BrNO2S/c1-16-12-3-2-8(4-9(12)13)5-11(15)10-6-17-7-14-10/h2-4,6-7H,5H2,1H3. The molecule has 1 aromatic carbocycles. The van der Waals surface area contributed by atoms with E-state index in [1.807, 2.05) is 18.2 Å². The molecule has 88 valence electrons. The molecule has 5 heteroatoms. The minimum Gasteiger partial charge on any atom is -0.496 e. The molecule has 0 saturated heterocycles. The zero-order valence-electron chi connectivity index (χ0n) is 9.14. The number of hydrogen-bond acceptors (Lipinski definition) is 4. The summed E-state index contributed by atoms with van der Waals surface area (Å²) in [5.41, 5.74) is 3.13. The van der Waals surface area contributed by atoms with E-state index in [2.05, 4.69) is 20.9 Å². The number of ether oxygens (including phenoxy) is 1. The Hall–Kier alpha value is -1.20. The fourth-order valence-electron chi connectivity index (χ4n) is 1.45. The van der Waals surface area contributed by atoms with Gasteiger partial charge in [0, 0.05) is 11.8 Å². The van der Waals surface area contributed by atoms with Gasteiger partial charge in [0.05, 0.1) is 17.1 Å². The summed E-state index contributed by atoms with van der Waals surface area (Å²) in [6.07, 6.45) is 0.353. The predicted molar refractivity (Wildman–Crippen MR) is 70.8 cm³/mol. The van der Waals surface area contributed by atoms with Crippen LogP contribution in [0.5, 0.6) is 5.75 Å². The normalized spacial score (nSPS) is 10.2. The Labute approximate surface area is 112 Å². The van der Waals surface area contributed by atoms with E-state index in [0.29, 0.717) is 12.1 Å². The van der Waals surface area contributed by atoms with Crippen LogP contribution < -0.4 is 4.74 Å². The predicted octanol–water partition coefficient (Wildman–Crippen LogP) is 3.34. The minimum atomic E-state index is 0.0308. The largest absolute Gasteiger partial charge is 0.496 e. The van der Waals surface area contributed by atoms with Crippen molar-refractivity contribution in [3.8, 4) is 5.75 Å². The number of methoxy groups -OCH3 is 1. The Morgan fingerprint density at radius 2 is 2.35 bits per heavy atom. The first kappa shape index (κ1) is 12.3. The Bertz CT molecular complexity index is 525. The summed E-state index contributed by atoms with van der Waals surface area (Å²) in [5.74, 6) is 0.790. The van der Waals surface area contributed by atoms with Crippen molar-refractivity contribution < 1.29 is 9.53 Å². The lowest BCUT2D eigenvalue weighted by Crippen LogP contribution is -2.03. The maximum Gasteiger partial charge on any atom is 0.186 e. The third-order valence-corrected chi connectivity index (χ3v) is 3.51. The number of carbonyl (C=O) groups excluding carboxylic acids is 1. The van der Waals surface area contributed by atoms with Gasteiger partial charge in [-0.2, -0.15) is 0 Å². The van der Waals surface area contributed by atoms with Gasteiger partial charge in [-0.25, -0.2) is 4.98 Å². The lowest BCUT2D eigenvalue weighted by Gasteiger charge is -2.05. The summed E-state index contributed by atoms with van der Waals surface area (Å²) in [4.78, 5) is 15.8. The topological polar surface area (TPSA) is 39.2 Å². The van der Waals surface area contributed by atoms with E-state index >= 15 is 0 Å². The Morgan fingerprint density at radius 1 is 1.53 bits per heavy atom. The second-order valence-corrected chi connectivity index (χ2v) is 5.02. The van der Waals surface area contributed by atoms with Crippen LogP contribution in [-0.4, -0.2) is 17.9 Å². The lowest BCUT2D eigenvalue weighted by atomic mass is 10.1. The van der Waals surface area contributed by atoms with Crippen molar-refractivity contribution in [2.45, 2.75) is 6.42 Å². The SMILES string of the molecule is COc1ccc(CC(=O)c2cscn2)cc1Br. The smallest absolute Gasteiger partial charge is 0.186 e. The molecule has 0 spiro atoms.